The molecule has 164 valence electrons. The van der Waals surface area contributed by atoms with Crippen LogP contribution in [0.2, 0.25) is 0 Å². The molecule has 0 spiro atoms. The van der Waals surface area contributed by atoms with Gasteiger partial charge < -0.3 is 4.74 Å². The highest BCUT2D eigenvalue weighted by molar-refractivity contribution is 7.22. The Hall–Kier alpha value is -3.39. The maximum Gasteiger partial charge on any atom is 0.260 e. The molecule has 0 aliphatic heterocycles. The van der Waals surface area contributed by atoms with Crippen LogP contribution in [-0.2, 0) is 6.54 Å². The van der Waals surface area contributed by atoms with Crippen LogP contribution in [-0.4, -0.2) is 22.5 Å². The van der Waals surface area contributed by atoms with E-state index in [1.807, 2.05) is 6.07 Å². The number of rotatable bonds is 8. The number of hydrogen-bond acceptors (Lipinski definition) is 5. The summed E-state index contributed by atoms with van der Waals surface area (Å²) < 4.78 is 34.0. The van der Waals surface area contributed by atoms with Crippen LogP contribution < -0.4 is 9.64 Å². The number of anilines is 1. The van der Waals surface area contributed by atoms with Gasteiger partial charge in [0.05, 0.1) is 17.9 Å². The molecular formula is C24H21F2N3O2S. The molecule has 8 heteroatoms. The first kappa shape index (κ1) is 21.8. The van der Waals surface area contributed by atoms with E-state index in [9.17, 15) is 13.6 Å². The summed E-state index contributed by atoms with van der Waals surface area (Å²) in [6.07, 6.45) is 5.21. The standard InChI is InChI=1S/C24H21F2N3O2S/c1-2-3-10-31-19-8-4-7-17(11-19)23(30)29(15-16-6-5-9-27-14-16)24-28-22-20(26)12-18(25)13-21(22)32-24/h4-9,11-14H,2-3,10,15H2,1H3. The minimum atomic E-state index is -0.761. The van der Waals surface area contributed by atoms with Gasteiger partial charge in [-0.3, -0.25) is 14.7 Å². The molecule has 2 aromatic carbocycles. The monoisotopic (exact) mass is 453 g/mol. The molecule has 0 saturated carbocycles. The molecule has 4 aromatic rings. The van der Waals surface area contributed by atoms with E-state index >= 15 is 0 Å². The number of halogens is 2. The summed E-state index contributed by atoms with van der Waals surface area (Å²) in [7, 11) is 0. The van der Waals surface area contributed by atoms with Gasteiger partial charge in [-0.1, -0.05) is 36.8 Å². The third kappa shape index (κ3) is 4.91. The maximum absolute atomic E-state index is 14.2. The van der Waals surface area contributed by atoms with Crippen molar-refractivity contribution in [2.45, 2.75) is 26.3 Å². The highest BCUT2D eigenvalue weighted by Crippen LogP contribution is 2.33. The number of amides is 1. The number of fused-ring (bicyclic) bond motifs is 1. The van der Waals surface area contributed by atoms with Crippen molar-refractivity contribution >= 4 is 32.6 Å². The lowest BCUT2D eigenvalue weighted by Gasteiger charge is -2.20. The number of ether oxygens (including phenoxy) is 1. The van der Waals surface area contributed by atoms with Crippen molar-refractivity contribution in [2.75, 3.05) is 11.5 Å². The molecule has 0 fully saturated rings. The van der Waals surface area contributed by atoms with E-state index in [0.29, 0.717) is 22.6 Å². The Morgan fingerprint density at radius 2 is 2.03 bits per heavy atom. The summed E-state index contributed by atoms with van der Waals surface area (Å²) in [5, 5.41) is 0.274. The summed E-state index contributed by atoms with van der Waals surface area (Å²) in [6.45, 7) is 2.82. The van der Waals surface area contributed by atoms with Crippen LogP contribution in [0.4, 0.5) is 13.9 Å². The second kappa shape index (κ2) is 9.82. The number of carbonyl (C=O) groups is 1. The topological polar surface area (TPSA) is 55.3 Å². The molecule has 0 bridgehead atoms. The van der Waals surface area contributed by atoms with Crippen molar-refractivity contribution in [1.29, 1.82) is 0 Å². The van der Waals surface area contributed by atoms with E-state index in [4.69, 9.17) is 4.74 Å². The molecule has 2 aromatic heterocycles. The first-order valence-electron chi connectivity index (χ1n) is 10.2. The number of aromatic nitrogens is 2. The van der Waals surface area contributed by atoms with Crippen molar-refractivity contribution in [3.05, 3.63) is 83.7 Å². The third-order valence-corrected chi connectivity index (χ3v) is 5.81. The van der Waals surface area contributed by atoms with Crippen molar-refractivity contribution in [3.8, 4) is 5.75 Å². The summed E-state index contributed by atoms with van der Waals surface area (Å²) >= 11 is 1.06. The van der Waals surface area contributed by atoms with E-state index in [1.54, 1.807) is 42.7 Å². The molecular weight excluding hydrogens is 432 g/mol. The van der Waals surface area contributed by atoms with Gasteiger partial charge in [0.1, 0.15) is 17.1 Å². The summed E-state index contributed by atoms with van der Waals surface area (Å²) in [5.41, 5.74) is 1.22. The predicted molar refractivity (Wildman–Crippen MR) is 121 cm³/mol. The number of unbranched alkanes of at least 4 members (excludes halogenated alkanes) is 1. The highest BCUT2D eigenvalue weighted by atomic mass is 32.1. The molecule has 32 heavy (non-hydrogen) atoms. The van der Waals surface area contributed by atoms with Gasteiger partial charge in [-0.05, 0) is 42.3 Å². The fraction of sp³-hybridized carbons (Fsp3) is 0.208. The number of thiazole rings is 1. The summed E-state index contributed by atoms with van der Waals surface area (Å²) in [4.78, 5) is 23.4. The first-order chi connectivity index (χ1) is 15.5. The van der Waals surface area contributed by atoms with E-state index in [2.05, 4.69) is 16.9 Å². The quantitative estimate of drug-likeness (QED) is 0.307. The molecule has 0 radical (unpaired) electrons. The lowest BCUT2D eigenvalue weighted by atomic mass is 10.1. The highest BCUT2D eigenvalue weighted by Gasteiger charge is 2.23. The molecule has 0 unspecified atom stereocenters. The van der Waals surface area contributed by atoms with E-state index < -0.39 is 11.6 Å². The van der Waals surface area contributed by atoms with Crippen LogP contribution in [0.25, 0.3) is 10.2 Å². The van der Waals surface area contributed by atoms with Crippen molar-refractivity contribution in [3.63, 3.8) is 0 Å². The van der Waals surface area contributed by atoms with Gasteiger partial charge in [0.15, 0.2) is 10.9 Å². The number of benzene rings is 2. The Labute approximate surface area is 188 Å². The normalized spacial score (nSPS) is 11.0. The van der Waals surface area contributed by atoms with Crippen LogP contribution in [0.15, 0.2) is 60.9 Å². The lowest BCUT2D eigenvalue weighted by Crippen LogP contribution is -2.30. The SMILES string of the molecule is CCCCOc1cccc(C(=O)N(Cc2cccnc2)c2nc3c(F)cc(F)cc3s2)c1. The lowest BCUT2D eigenvalue weighted by molar-refractivity contribution is 0.0984. The Kier molecular flexibility index (Phi) is 6.70. The molecule has 0 atom stereocenters. The van der Waals surface area contributed by atoms with Gasteiger partial charge in [0.2, 0.25) is 0 Å². The zero-order valence-electron chi connectivity index (χ0n) is 17.4. The number of pyridine rings is 1. The van der Waals surface area contributed by atoms with Gasteiger partial charge >= 0.3 is 0 Å². The molecule has 1 amide bonds. The second-order valence-electron chi connectivity index (χ2n) is 7.21. The Bertz CT molecular complexity index is 1230. The van der Waals surface area contributed by atoms with Crippen LogP contribution in [0.5, 0.6) is 5.75 Å². The smallest absolute Gasteiger partial charge is 0.260 e. The number of nitrogens with zero attached hydrogens (tertiary/aromatic N) is 3. The summed E-state index contributed by atoms with van der Waals surface area (Å²) in [5.74, 6) is -1.17. The minimum Gasteiger partial charge on any atom is -0.494 e. The van der Waals surface area contributed by atoms with Gasteiger partial charge in [0.25, 0.3) is 5.91 Å². The van der Waals surface area contributed by atoms with Crippen LogP contribution in [0.3, 0.4) is 0 Å². The van der Waals surface area contributed by atoms with Crippen LogP contribution in [0.1, 0.15) is 35.7 Å². The van der Waals surface area contributed by atoms with E-state index in [0.717, 1.165) is 35.8 Å². The van der Waals surface area contributed by atoms with Crippen LogP contribution in [0, 0.1) is 11.6 Å². The molecule has 0 N–H and O–H groups in total. The minimum absolute atomic E-state index is 0.0343. The predicted octanol–water partition coefficient (Wildman–Crippen LogP) is 6.00. The average Bonchev–Trinajstić information content (AvgIpc) is 3.22. The molecule has 0 saturated heterocycles. The average molecular weight is 454 g/mol. The summed E-state index contributed by atoms with van der Waals surface area (Å²) in [6, 6.07) is 12.5. The number of carbonyl (C=O) groups excluding carboxylic acids is 1. The number of hydrogen-bond donors (Lipinski definition) is 0. The second-order valence-corrected chi connectivity index (χ2v) is 8.22. The zero-order valence-corrected chi connectivity index (χ0v) is 18.2. The van der Waals surface area contributed by atoms with Gasteiger partial charge in [-0.15, -0.1) is 0 Å². The maximum atomic E-state index is 14.2. The molecule has 4 rings (SSSR count). The van der Waals surface area contributed by atoms with Crippen molar-refractivity contribution < 1.29 is 18.3 Å². The van der Waals surface area contributed by atoms with Crippen LogP contribution >= 0.6 is 11.3 Å². The zero-order chi connectivity index (χ0) is 22.5. The first-order valence-corrected chi connectivity index (χ1v) is 11.1. The molecule has 0 aliphatic rings. The van der Waals surface area contributed by atoms with Crippen molar-refractivity contribution in [2.24, 2.45) is 0 Å². The largest absolute Gasteiger partial charge is 0.494 e. The van der Waals surface area contributed by atoms with Gasteiger partial charge in [0, 0.05) is 24.0 Å². The molecule has 2 heterocycles. The third-order valence-electron chi connectivity index (χ3n) is 4.79. The fourth-order valence-corrected chi connectivity index (χ4v) is 4.17. The van der Waals surface area contributed by atoms with Gasteiger partial charge in [-0.2, -0.15) is 0 Å². The van der Waals surface area contributed by atoms with E-state index in [1.165, 1.54) is 11.0 Å². The Morgan fingerprint density at radius 1 is 1.16 bits per heavy atom. The molecule has 5 nitrogen and oxygen atoms in total. The van der Waals surface area contributed by atoms with Gasteiger partial charge in [-0.25, -0.2) is 13.8 Å². The molecule has 0 aliphatic carbocycles. The van der Waals surface area contributed by atoms with E-state index in [-0.39, 0.29) is 23.1 Å². The fourth-order valence-electron chi connectivity index (χ4n) is 3.17. The Morgan fingerprint density at radius 3 is 2.81 bits per heavy atom. The van der Waals surface area contributed by atoms with Crippen molar-refractivity contribution in [1.82, 2.24) is 9.97 Å². The Balaban J connectivity index is 1.71.